The summed E-state index contributed by atoms with van der Waals surface area (Å²) >= 11 is 0. The van der Waals surface area contributed by atoms with Crippen molar-refractivity contribution in [3.8, 4) is 5.75 Å². The molecule has 5 heteroatoms. The number of hydrazine groups is 1. The summed E-state index contributed by atoms with van der Waals surface area (Å²) < 4.78 is 5.37. The number of ether oxygens (including phenoxy) is 1. The molecule has 0 atom stereocenters. The summed E-state index contributed by atoms with van der Waals surface area (Å²) in [5, 5.41) is 2.11. The minimum absolute atomic E-state index is 0.181. The largest absolute Gasteiger partial charge is 0.494 e. The molecule has 5 nitrogen and oxygen atoms in total. The van der Waals surface area contributed by atoms with E-state index in [9.17, 15) is 9.59 Å². The molecule has 0 radical (unpaired) electrons. The quantitative estimate of drug-likeness (QED) is 0.696. The van der Waals surface area contributed by atoms with Gasteiger partial charge >= 0.3 is 0 Å². The lowest BCUT2D eigenvalue weighted by Crippen LogP contribution is -2.42. The molecule has 0 unspecified atom stereocenters. The molecular weight excluding hydrogens is 328 g/mol. The number of amides is 2. The molecule has 0 aliphatic carbocycles. The molecule has 0 aromatic heterocycles. The fourth-order valence-corrected chi connectivity index (χ4v) is 2.76. The van der Waals surface area contributed by atoms with Gasteiger partial charge in [-0.15, -0.1) is 0 Å². The van der Waals surface area contributed by atoms with Crippen molar-refractivity contribution < 1.29 is 14.3 Å². The molecule has 0 aliphatic heterocycles. The van der Waals surface area contributed by atoms with Gasteiger partial charge in [-0.2, -0.15) is 0 Å². The summed E-state index contributed by atoms with van der Waals surface area (Å²) in [6.07, 6.45) is 0.181. The predicted molar refractivity (Wildman–Crippen MR) is 101 cm³/mol. The van der Waals surface area contributed by atoms with Gasteiger partial charge in [0.2, 0.25) is 5.91 Å². The van der Waals surface area contributed by atoms with Gasteiger partial charge in [0.15, 0.2) is 0 Å². The van der Waals surface area contributed by atoms with Crippen LogP contribution in [-0.4, -0.2) is 18.4 Å². The maximum absolute atomic E-state index is 12.2. The van der Waals surface area contributed by atoms with Crippen molar-refractivity contribution in [2.75, 3.05) is 6.61 Å². The third-order valence-corrected chi connectivity index (χ3v) is 3.95. The summed E-state index contributed by atoms with van der Waals surface area (Å²) in [5.74, 6) is -0.0595. The highest BCUT2D eigenvalue weighted by Gasteiger charge is 2.10. The summed E-state index contributed by atoms with van der Waals surface area (Å²) in [6.45, 7) is 2.40. The van der Waals surface area contributed by atoms with Crippen LogP contribution in [0.2, 0.25) is 0 Å². The molecule has 0 saturated heterocycles. The lowest BCUT2D eigenvalue weighted by atomic mass is 10.0. The normalized spacial score (nSPS) is 10.3. The van der Waals surface area contributed by atoms with Crippen LogP contribution in [0.3, 0.4) is 0 Å². The number of carbonyl (C=O) groups excluding carboxylic acids is 2. The average molecular weight is 348 g/mol. The van der Waals surface area contributed by atoms with Gasteiger partial charge in [0, 0.05) is 5.56 Å². The number of hydrogen-bond donors (Lipinski definition) is 2. The maximum atomic E-state index is 12.2. The van der Waals surface area contributed by atoms with Crippen LogP contribution in [0.4, 0.5) is 0 Å². The molecule has 0 saturated carbocycles. The number of nitrogens with one attached hydrogen (secondary N) is 2. The molecule has 26 heavy (non-hydrogen) atoms. The molecule has 0 bridgehead atoms. The Kier molecular flexibility index (Phi) is 5.49. The molecule has 3 aromatic rings. The van der Waals surface area contributed by atoms with E-state index in [0.717, 1.165) is 16.3 Å². The van der Waals surface area contributed by atoms with E-state index in [0.29, 0.717) is 17.9 Å². The van der Waals surface area contributed by atoms with Gasteiger partial charge < -0.3 is 4.74 Å². The third-order valence-electron chi connectivity index (χ3n) is 3.95. The highest BCUT2D eigenvalue weighted by atomic mass is 16.5. The van der Waals surface area contributed by atoms with Crippen LogP contribution >= 0.6 is 0 Å². The molecule has 3 rings (SSSR count). The first-order chi connectivity index (χ1) is 12.7. The minimum atomic E-state index is -0.391. The van der Waals surface area contributed by atoms with Crippen molar-refractivity contribution in [2.24, 2.45) is 0 Å². The Balaban J connectivity index is 1.62. The molecule has 0 heterocycles. The first-order valence-corrected chi connectivity index (χ1v) is 8.46. The van der Waals surface area contributed by atoms with Crippen LogP contribution in [0.5, 0.6) is 5.75 Å². The van der Waals surface area contributed by atoms with Gasteiger partial charge in [-0.3, -0.25) is 20.4 Å². The number of fused-ring (bicyclic) bond motifs is 1. The van der Waals surface area contributed by atoms with Gasteiger partial charge in [0.05, 0.1) is 13.0 Å². The van der Waals surface area contributed by atoms with E-state index in [1.54, 1.807) is 24.3 Å². The van der Waals surface area contributed by atoms with E-state index in [2.05, 4.69) is 10.9 Å². The fraction of sp³-hybridized carbons (Fsp3) is 0.143. The van der Waals surface area contributed by atoms with E-state index >= 15 is 0 Å². The van der Waals surface area contributed by atoms with Crippen LogP contribution in [0.1, 0.15) is 22.8 Å². The van der Waals surface area contributed by atoms with Crippen LogP contribution in [0, 0.1) is 0 Å². The van der Waals surface area contributed by atoms with E-state index in [1.807, 2.05) is 49.4 Å². The van der Waals surface area contributed by atoms with E-state index in [-0.39, 0.29) is 12.3 Å². The van der Waals surface area contributed by atoms with Gasteiger partial charge in [-0.05, 0) is 41.5 Å². The lowest BCUT2D eigenvalue weighted by molar-refractivity contribution is -0.121. The highest BCUT2D eigenvalue weighted by molar-refractivity contribution is 5.96. The summed E-state index contributed by atoms with van der Waals surface area (Å²) in [5.41, 5.74) is 6.24. The SMILES string of the molecule is CCOc1cccc(C(=O)NNC(=O)Cc2cccc3ccccc23)c1. The van der Waals surface area contributed by atoms with E-state index in [1.165, 1.54) is 0 Å². The predicted octanol–water partition coefficient (Wildman–Crippen LogP) is 3.24. The number of carbonyl (C=O) groups is 2. The molecule has 0 fully saturated rings. The second kappa shape index (κ2) is 8.16. The molecule has 2 amide bonds. The molecule has 3 aromatic carbocycles. The molecule has 0 spiro atoms. The Hall–Kier alpha value is -3.34. The molecule has 2 N–H and O–H groups in total. The van der Waals surface area contributed by atoms with Crippen LogP contribution in [-0.2, 0) is 11.2 Å². The lowest BCUT2D eigenvalue weighted by Gasteiger charge is -2.10. The van der Waals surface area contributed by atoms with Crippen molar-refractivity contribution in [3.63, 3.8) is 0 Å². The topological polar surface area (TPSA) is 67.4 Å². The van der Waals surface area contributed by atoms with Crippen molar-refractivity contribution in [3.05, 3.63) is 77.9 Å². The van der Waals surface area contributed by atoms with E-state index < -0.39 is 5.91 Å². The van der Waals surface area contributed by atoms with Gasteiger partial charge in [0.1, 0.15) is 5.75 Å². The van der Waals surface area contributed by atoms with E-state index in [4.69, 9.17) is 4.74 Å². The van der Waals surface area contributed by atoms with Gasteiger partial charge in [-0.1, -0.05) is 48.5 Å². The Morgan fingerprint density at radius 1 is 0.923 bits per heavy atom. The van der Waals surface area contributed by atoms with Crippen molar-refractivity contribution in [1.29, 1.82) is 0 Å². The minimum Gasteiger partial charge on any atom is -0.494 e. The van der Waals surface area contributed by atoms with Crippen molar-refractivity contribution >= 4 is 22.6 Å². The van der Waals surface area contributed by atoms with Crippen LogP contribution < -0.4 is 15.6 Å². The summed E-state index contributed by atoms with van der Waals surface area (Å²) in [6, 6.07) is 20.5. The smallest absolute Gasteiger partial charge is 0.269 e. The fourth-order valence-electron chi connectivity index (χ4n) is 2.76. The second-order valence-corrected chi connectivity index (χ2v) is 5.78. The number of hydrogen-bond acceptors (Lipinski definition) is 3. The monoisotopic (exact) mass is 348 g/mol. The van der Waals surface area contributed by atoms with Crippen molar-refractivity contribution in [2.45, 2.75) is 13.3 Å². The first-order valence-electron chi connectivity index (χ1n) is 8.46. The Morgan fingerprint density at radius 3 is 2.54 bits per heavy atom. The van der Waals surface area contributed by atoms with Gasteiger partial charge in [0.25, 0.3) is 5.91 Å². The second-order valence-electron chi connectivity index (χ2n) is 5.78. The van der Waals surface area contributed by atoms with Crippen LogP contribution in [0.25, 0.3) is 10.8 Å². The van der Waals surface area contributed by atoms with Crippen molar-refractivity contribution in [1.82, 2.24) is 10.9 Å². The zero-order valence-corrected chi connectivity index (χ0v) is 14.5. The third kappa shape index (κ3) is 4.19. The van der Waals surface area contributed by atoms with Gasteiger partial charge in [-0.25, -0.2) is 0 Å². The molecule has 132 valence electrons. The Labute approximate surface area is 152 Å². The zero-order valence-electron chi connectivity index (χ0n) is 14.5. The number of benzene rings is 3. The Morgan fingerprint density at radius 2 is 1.69 bits per heavy atom. The first kappa shape index (κ1) is 17.5. The molecule has 0 aliphatic rings. The summed E-state index contributed by atoms with van der Waals surface area (Å²) in [4.78, 5) is 24.4. The maximum Gasteiger partial charge on any atom is 0.269 e. The highest BCUT2D eigenvalue weighted by Crippen LogP contribution is 2.18. The average Bonchev–Trinajstić information content (AvgIpc) is 2.67. The standard InChI is InChI=1S/C21H20N2O3/c1-2-26-18-11-6-10-17(13-18)21(25)23-22-20(24)14-16-9-5-8-15-7-3-4-12-19(15)16/h3-13H,2,14H2,1H3,(H,22,24)(H,23,25). The zero-order chi connectivity index (χ0) is 18.4. The summed E-state index contributed by atoms with van der Waals surface area (Å²) in [7, 11) is 0. The number of rotatable bonds is 5. The molecular formula is C21H20N2O3. The Bertz CT molecular complexity index is 932. The van der Waals surface area contributed by atoms with Crippen LogP contribution in [0.15, 0.2) is 66.7 Å².